The Morgan fingerprint density at radius 1 is 1.17 bits per heavy atom. The molecule has 0 saturated heterocycles. The van der Waals surface area contributed by atoms with Crippen molar-refractivity contribution in [3.63, 3.8) is 0 Å². The van der Waals surface area contributed by atoms with Crippen molar-refractivity contribution in [2.45, 2.75) is 58.4 Å². The molecule has 0 fully saturated rings. The van der Waals surface area contributed by atoms with Gasteiger partial charge in [-0.25, -0.2) is 0 Å². The first-order valence-electron chi connectivity index (χ1n) is 7.63. The first-order chi connectivity index (χ1) is 8.83. The molecule has 0 aromatic heterocycles. The zero-order valence-corrected chi connectivity index (χ0v) is 11.9. The second-order valence-corrected chi connectivity index (χ2v) is 5.70. The first-order valence-corrected chi connectivity index (χ1v) is 7.63. The fourth-order valence-electron chi connectivity index (χ4n) is 2.98. The van der Waals surface area contributed by atoms with E-state index in [-0.39, 0.29) is 0 Å². The molecule has 1 aromatic carbocycles. The van der Waals surface area contributed by atoms with E-state index in [2.05, 4.69) is 43.4 Å². The maximum atomic E-state index is 3.79. The van der Waals surface area contributed by atoms with Crippen molar-refractivity contribution < 1.29 is 0 Å². The highest BCUT2D eigenvalue weighted by Gasteiger charge is 2.20. The van der Waals surface area contributed by atoms with E-state index >= 15 is 0 Å². The Kier molecular flexibility index (Phi) is 5.25. The predicted octanol–water partition coefficient (Wildman–Crippen LogP) is 3.96. The summed E-state index contributed by atoms with van der Waals surface area (Å²) in [6.07, 6.45) is 7.85. The smallest absolute Gasteiger partial charge is 0.0148 e. The van der Waals surface area contributed by atoms with Crippen LogP contribution in [-0.4, -0.2) is 12.6 Å². The highest BCUT2D eigenvalue weighted by molar-refractivity contribution is 5.33. The molecule has 0 bridgehead atoms. The van der Waals surface area contributed by atoms with Crippen molar-refractivity contribution in [1.82, 2.24) is 5.32 Å². The molecule has 1 nitrogen and oxygen atoms in total. The summed E-state index contributed by atoms with van der Waals surface area (Å²) >= 11 is 0. The second kappa shape index (κ2) is 6.94. The van der Waals surface area contributed by atoms with Crippen molar-refractivity contribution in [2.24, 2.45) is 5.92 Å². The van der Waals surface area contributed by atoms with Gasteiger partial charge in [0.2, 0.25) is 0 Å². The van der Waals surface area contributed by atoms with Crippen molar-refractivity contribution in [3.05, 3.63) is 35.4 Å². The van der Waals surface area contributed by atoms with Gasteiger partial charge in [0.25, 0.3) is 0 Å². The van der Waals surface area contributed by atoms with Crippen LogP contribution in [0, 0.1) is 5.92 Å². The molecule has 1 aromatic rings. The third kappa shape index (κ3) is 3.58. The van der Waals surface area contributed by atoms with Gasteiger partial charge in [0.15, 0.2) is 0 Å². The van der Waals surface area contributed by atoms with Gasteiger partial charge in [0.05, 0.1) is 0 Å². The van der Waals surface area contributed by atoms with Gasteiger partial charge in [0.1, 0.15) is 0 Å². The molecule has 0 heterocycles. The lowest BCUT2D eigenvalue weighted by Crippen LogP contribution is -2.33. The summed E-state index contributed by atoms with van der Waals surface area (Å²) in [6, 6.07) is 9.57. The average Bonchev–Trinajstić information content (AvgIpc) is 2.81. The Bertz CT molecular complexity index is 333. The molecule has 0 saturated carbocycles. The maximum absolute atomic E-state index is 3.79. The molecule has 0 aliphatic heterocycles. The summed E-state index contributed by atoms with van der Waals surface area (Å²) in [5.41, 5.74) is 3.10. The van der Waals surface area contributed by atoms with E-state index in [1.54, 1.807) is 11.1 Å². The minimum Gasteiger partial charge on any atom is -0.313 e. The van der Waals surface area contributed by atoms with Crippen LogP contribution >= 0.6 is 0 Å². The predicted molar refractivity (Wildman–Crippen MR) is 78.9 cm³/mol. The molecule has 1 aliphatic rings. The van der Waals surface area contributed by atoms with Crippen LogP contribution in [0.4, 0.5) is 0 Å². The highest BCUT2D eigenvalue weighted by atomic mass is 14.9. The monoisotopic (exact) mass is 245 g/mol. The molecule has 2 rings (SSSR count). The van der Waals surface area contributed by atoms with Gasteiger partial charge in [-0.1, -0.05) is 57.4 Å². The lowest BCUT2D eigenvalue weighted by molar-refractivity contribution is 0.391. The maximum Gasteiger partial charge on any atom is 0.0148 e. The molecule has 18 heavy (non-hydrogen) atoms. The van der Waals surface area contributed by atoms with Crippen molar-refractivity contribution >= 4 is 0 Å². The molecule has 1 atom stereocenters. The molecular weight excluding hydrogens is 218 g/mol. The van der Waals surface area contributed by atoms with E-state index in [1.165, 1.54) is 45.1 Å². The molecule has 1 aliphatic carbocycles. The number of benzene rings is 1. The number of unbranched alkanes of at least 4 members (excludes halogenated alkanes) is 1. The Labute approximate surface area is 112 Å². The van der Waals surface area contributed by atoms with Crippen LogP contribution in [0.25, 0.3) is 0 Å². The summed E-state index contributed by atoms with van der Waals surface area (Å²) in [5, 5.41) is 3.79. The lowest BCUT2D eigenvalue weighted by atomic mass is 9.99. The van der Waals surface area contributed by atoms with Crippen LogP contribution < -0.4 is 5.32 Å². The molecule has 0 spiro atoms. The SMILES string of the molecule is CCCCC(CC)CNC1Cc2ccccc2C1. The zero-order chi connectivity index (χ0) is 12.8. The Hall–Kier alpha value is -0.820. The minimum atomic E-state index is 0.679. The molecule has 1 unspecified atom stereocenters. The van der Waals surface area contributed by atoms with Gasteiger partial charge in [-0.2, -0.15) is 0 Å². The Balaban J connectivity index is 1.75. The van der Waals surface area contributed by atoms with Crippen LogP contribution in [0.3, 0.4) is 0 Å². The fraction of sp³-hybridized carbons (Fsp3) is 0.647. The van der Waals surface area contributed by atoms with Crippen molar-refractivity contribution in [1.29, 1.82) is 0 Å². The first kappa shape index (κ1) is 13.6. The van der Waals surface area contributed by atoms with Gasteiger partial charge < -0.3 is 5.32 Å². The molecule has 100 valence electrons. The van der Waals surface area contributed by atoms with Gasteiger partial charge >= 0.3 is 0 Å². The van der Waals surface area contributed by atoms with Gasteiger partial charge in [-0.3, -0.25) is 0 Å². The largest absolute Gasteiger partial charge is 0.313 e. The molecule has 1 heteroatoms. The van der Waals surface area contributed by atoms with Gasteiger partial charge in [-0.15, -0.1) is 0 Å². The van der Waals surface area contributed by atoms with Crippen LogP contribution in [0.1, 0.15) is 50.7 Å². The summed E-state index contributed by atoms with van der Waals surface area (Å²) < 4.78 is 0. The Morgan fingerprint density at radius 2 is 1.83 bits per heavy atom. The zero-order valence-electron chi connectivity index (χ0n) is 11.9. The molecule has 0 radical (unpaired) electrons. The summed E-state index contributed by atoms with van der Waals surface area (Å²) in [5.74, 6) is 0.869. The van der Waals surface area contributed by atoms with E-state index in [9.17, 15) is 0 Å². The van der Waals surface area contributed by atoms with Crippen molar-refractivity contribution in [2.75, 3.05) is 6.54 Å². The number of rotatable bonds is 7. The van der Waals surface area contributed by atoms with E-state index < -0.39 is 0 Å². The fourth-order valence-corrected chi connectivity index (χ4v) is 2.98. The Morgan fingerprint density at radius 3 is 2.39 bits per heavy atom. The molecule has 0 amide bonds. The van der Waals surface area contributed by atoms with Crippen LogP contribution in [0.15, 0.2) is 24.3 Å². The summed E-state index contributed by atoms with van der Waals surface area (Å²) in [6.45, 7) is 5.81. The van der Waals surface area contributed by atoms with E-state index in [0.29, 0.717) is 6.04 Å². The van der Waals surface area contributed by atoms with E-state index in [4.69, 9.17) is 0 Å². The van der Waals surface area contributed by atoms with E-state index in [1.807, 2.05) is 0 Å². The normalized spacial score (nSPS) is 16.8. The van der Waals surface area contributed by atoms with Crippen LogP contribution in [-0.2, 0) is 12.8 Å². The number of nitrogens with one attached hydrogen (secondary N) is 1. The van der Waals surface area contributed by atoms with Crippen molar-refractivity contribution in [3.8, 4) is 0 Å². The average molecular weight is 245 g/mol. The van der Waals surface area contributed by atoms with E-state index in [0.717, 1.165) is 5.92 Å². The molecular formula is C17H27N. The summed E-state index contributed by atoms with van der Waals surface area (Å²) in [4.78, 5) is 0. The number of hydrogen-bond acceptors (Lipinski definition) is 1. The quantitative estimate of drug-likeness (QED) is 0.766. The third-order valence-electron chi connectivity index (χ3n) is 4.29. The second-order valence-electron chi connectivity index (χ2n) is 5.70. The highest BCUT2D eigenvalue weighted by Crippen LogP contribution is 2.22. The lowest BCUT2D eigenvalue weighted by Gasteiger charge is -2.19. The number of fused-ring (bicyclic) bond motifs is 1. The summed E-state index contributed by atoms with van der Waals surface area (Å²) in [7, 11) is 0. The number of hydrogen-bond donors (Lipinski definition) is 1. The topological polar surface area (TPSA) is 12.0 Å². The van der Waals surface area contributed by atoms with Crippen LogP contribution in [0.5, 0.6) is 0 Å². The van der Waals surface area contributed by atoms with Crippen LogP contribution in [0.2, 0.25) is 0 Å². The molecule has 1 N–H and O–H groups in total. The van der Waals surface area contributed by atoms with Gasteiger partial charge in [-0.05, 0) is 42.9 Å². The standard InChI is InChI=1S/C17H27N/c1-3-5-8-14(4-2)13-18-17-11-15-9-6-7-10-16(15)12-17/h6-7,9-10,14,17-18H,3-5,8,11-13H2,1-2H3. The third-order valence-corrected chi connectivity index (χ3v) is 4.29. The minimum absolute atomic E-state index is 0.679. The van der Waals surface area contributed by atoms with Gasteiger partial charge in [0, 0.05) is 6.04 Å².